The second-order valence-corrected chi connectivity index (χ2v) is 13.9. The smallest absolute Gasteiger partial charge is 0.310 e. The van der Waals surface area contributed by atoms with Gasteiger partial charge in [-0.25, -0.2) is 0 Å². The van der Waals surface area contributed by atoms with Gasteiger partial charge in [0.2, 0.25) is 0 Å². The van der Waals surface area contributed by atoms with Gasteiger partial charge in [0.25, 0.3) is 0 Å². The lowest BCUT2D eigenvalue weighted by Crippen LogP contribution is -2.61. The van der Waals surface area contributed by atoms with E-state index in [4.69, 9.17) is 0 Å². The van der Waals surface area contributed by atoms with E-state index in [0.717, 1.165) is 57.8 Å². The molecule has 0 amide bonds. The molecule has 0 heterocycles. The van der Waals surface area contributed by atoms with E-state index >= 15 is 0 Å². The number of fused-ring (bicyclic) bond motifs is 7. The third-order valence-corrected chi connectivity index (χ3v) is 11.6. The first-order valence-electron chi connectivity index (χ1n) is 13.1. The predicted octanol–water partition coefficient (Wildman–Crippen LogP) is 5.42. The van der Waals surface area contributed by atoms with Crippen LogP contribution in [0.3, 0.4) is 0 Å². The molecule has 180 valence electrons. The van der Waals surface area contributed by atoms with Crippen LogP contribution in [-0.2, 0) is 4.79 Å². The number of aliphatic carboxylic acids is 1. The first-order valence-corrected chi connectivity index (χ1v) is 13.1. The Labute approximate surface area is 193 Å². The van der Waals surface area contributed by atoms with E-state index in [9.17, 15) is 20.1 Å². The average Bonchev–Trinajstić information content (AvgIpc) is 2.70. The van der Waals surface area contributed by atoms with E-state index in [-0.39, 0.29) is 40.3 Å². The lowest BCUT2D eigenvalue weighted by atomic mass is 9.40. The van der Waals surface area contributed by atoms with Crippen molar-refractivity contribution in [3.05, 3.63) is 11.6 Å². The molecule has 0 radical (unpaired) electrons. The number of aliphatic hydroxyl groups is 2. The minimum atomic E-state index is -0.618. The lowest BCUT2D eigenvalue weighted by molar-refractivity contribution is -0.175. The molecular weight excluding hydrogens is 400 g/mol. The molecule has 0 bridgehead atoms. The lowest BCUT2D eigenvalue weighted by Gasteiger charge is -2.64. The second-order valence-electron chi connectivity index (χ2n) is 13.9. The van der Waals surface area contributed by atoms with Crippen molar-refractivity contribution in [2.75, 3.05) is 0 Å². The van der Waals surface area contributed by atoms with Gasteiger partial charge in [0.1, 0.15) is 0 Å². The number of aliphatic hydroxyl groups excluding tert-OH is 2. The first-order chi connectivity index (χ1) is 14.8. The van der Waals surface area contributed by atoms with Gasteiger partial charge in [-0.3, -0.25) is 4.79 Å². The van der Waals surface area contributed by atoms with Crippen molar-refractivity contribution >= 4 is 5.97 Å². The van der Waals surface area contributed by atoms with Crippen molar-refractivity contribution < 1.29 is 20.1 Å². The first kappa shape index (κ1) is 22.9. The monoisotopic (exact) mass is 444 g/mol. The molecule has 0 spiro atoms. The molecule has 4 heteroatoms. The molecular formula is C28H44O4. The molecule has 32 heavy (non-hydrogen) atoms. The summed E-state index contributed by atoms with van der Waals surface area (Å²) < 4.78 is 0. The molecule has 5 aliphatic carbocycles. The maximum atomic E-state index is 12.6. The van der Waals surface area contributed by atoms with Crippen LogP contribution in [0, 0.1) is 51.2 Å². The highest BCUT2D eigenvalue weighted by atomic mass is 16.4. The summed E-state index contributed by atoms with van der Waals surface area (Å²) in [5.74, 6) is 1.06. The van der Waals surface area contributed by atoms with E-state index in [1.165, 1.54) is 5.57 Å². The molecule has 3 N–H and O–H groups in total. The van der Waals surface area contributed by atoms with Crippen molar-refractivity contribution in [1.82, 2.24) is 0 Å². The molecule has 0 aliphatic heterocycles. The summed E-state index contributed by atoms with van der Waals surface area (Å²) in [6.45, 7) is 11.3. The third kappa shape index (κ3) is 2.97. The van der Waals surface area contributed by atoms with Crippen LogP contribution in [0.2, 0.25) is 0 Å². The Morgan fingerprint density at radius 1 is 0.969 bits per heavy atom. The molecule has 9 unspecified atom stereocenters. The van der Waals surface area contributed by atoms with Gasteiger partial charge in [0.15, 0.2) is 0 Å². The number of carboxylic acid groups (broad SMARTS) is 1. The number of carboxylic acids is 1. The largest absolute Gasteiger partial charge is 0.481 e. The fourth-order valence-corrected chi connectivity index (χ4v) is 9.57. The van der Waals surface area contributed by atoms with Crippen molar-refractivity contribution in [2.45, 2.75) is 105 Å². The van der Waals surface area contributed by atoms with Crippen LogP contribution in [0.5, 0.6) is 0 Å². The third-order valence-electron chi connectivity index (χ3n) is 11.6. The standard InChI is InChI=1S/C28H44O4/c1-25(2)10-12-28(24(31)32)13-11-27(5)18(20(28)15-25)8-6-17-16-7-9-22(30)26(3,4)19(16)14-21(29)23(17)27/h8,16-17,19-23,29-30H,6-7,9-15H2,1-5H3,(H,31,32). The van der Waals surface area contributed by atoms with Gasteiger partial charge >= 0.3 is 5.97 Å². The van der Waals surface area contributed by atoms with Crippen molar-refractivity contribution in [2.24, 2.45) is 51.2 Å². The minimum absolute atomic E-state index is 0.0954. The van der Waals surface area contributed by atoms with Gasteiger partial charge in [-0.15, -0.1) is 0 Å². The zero-order valence-corrected chi connectivity index (χ0v) is 20.7. The molecule has 0 saturated heterocycles. The number of hydrogen-bond acceptors (Lipinski definition) is 3. The molecule has 0 aromatic carbocycles. The normalized spacial score (nSPS) is 51.3. The summed E-state index contributed by atoms with van der Waals surface area (Å²) in [5, 5.41) is 32.7. The molecule has 4 saturated carbocycles. The molecule has 0 aromatic rings. The van der Waals surface area contributed by atoms with E-state index in [0.29, 0.717) is 17.8 Å². The van der Waals surface area contributed by atoms with E-state index in [1.807, 2.05) is 0 Å². The van der Waals surface area contributed by atoms with E-state index in [1.54, 1.807) is 0 Å². The summed E-state index contributed by atoms with van der Waals surface area (Å²) >= 11 is 0. The van der Waals surface area contributed by atoms with Crippen LogP contribution in [-0.4, -0.2) is 33.5 Å². The zero-order valence-electron chi connectivity index (χ0n) is 20.7. The second kappa shape index (κ2) is 7.07. The van der Waals surface area contributed by atoms with Gasteiger partial charge in [0.05, 0.1) is 17.6 Å². The highest BCUT2D eigenvalue weighted by Gasteiger charge is 2.64. The van der Waals surface area contributed by atoms with Crippen molar-refractivity contribution in [1.29, 1.82) is 0 Å². The fourth-order valence-electron chi connectivity index (χ4n) is 9.57. The van der Waals surface area contributed by atoms with Gasteiger partial charge < -0.3 is 15.3 Å². The summed E-state index contributed by atoms with van der Waals surface area (Å²) in [6, 6.07) is 0. The summed E-state index contributed by atoms with van der Waals surface area (Å²) in [6.07, 6.45) is 9.77. The quantitative estimate of drug-likeness (QED) is 0.472. The summed E-state index contributed by atoms with van der Waals surface area (Å²) in [5.41, 5.74) is 0.655. The maximum Gasteiger partial charge on any atom is 0.310 e. The SMILES string of the molecule is CC1(C)CCC2(C(=O)O)CCC3(C)C(=CCC4C5CCC(O)C(C)(C)C5CC(O)C43)C2C1. The molecule has 9 atom stereocenters. The Morgan fingerprint density at radius 3 is 2.34 bits per heavy atom. The summed E-state index contributed by atoms with van der Waals surface area (Å²) in [4.78, 5) is 12.6. The maximum absolute atomic E-state index is 12.6. The Kier molecular flexibility index (Phi) is 5.06. The Bertz CT molecular complexity index is 827. The van der Waals surface area contributed by atoms with Crippen molar-refractivity contribution in [3.8, 4) is 0 Å². The van der Waals surface area contributed by atoms with Crippen LogP contribution in [0.25, 0.3) is 0 Å². The number of carbonyl (C=O) groups is 1. The zero-order chi connectivity index (χ0) is 23.3. The van der Waals surface area contributed by atoms with Gasteiger partial charge in [-0.1, -0.05) is 46.3 Å². The van der Waals surface area contributed by atoms with Crippen LogP contribution < -0.4 is 0 Å². The van der Waals surface area contributed by atoms with E-state index < -0.39 is 11.4 Å². The van der Waals surface area contributed by atoms with Gasteiger partial charge in [-0.2, -0.15) is 0 Å². The Morgan fingerprint density at radius 2 is 1.66 bits per heavy atom. The molecule has 5 aliphatic rings. The average molecular weight is 445 g/mol. The van der Waals surface area contributed by atoms with Gasteiger partial charge in [0, 0.05) is 0 Å². The highest BCUT2D eigenvalue weighted by molar-refractivity contribution is 5.76. The number of allylic oxidation sites excluding steroid dienone is 2. The van der Waals surface area contributed by atoms with Crippen LogP contribution in [0.4, 0.5) is 0 Å². The van der Waals surface area contributed by atoms with E-state index in [2.05, 4.69) is 40.7 Å². The van der Waals surface area contributed by atoms with Crippen molar-refractivity contribution in [3.63, 3.8) is 0 Å². The molecule has 0 aromatic heterocycles. The minimum Gasteiger partial charge on any atom is -0.481 e. The number of rotatable bonds is 1. The van der Waals surface area contributed by atoms with Crippen LogP contribution in [0.15, 0.2) is 11.6 Å². The Hall–Kier alpha value is -0.870. The van der Waals surface area contributed by atoms with Gasteiger partial charge in [-0.05, 0) is 104 Å². The summed E-state index contributed by atoms with van der Waals surface area (Å²) in [7, 11) is 0. The van der Waals surface area contributed by atoms with Crippen LogP contribution >= 0.6 is 0 Å². The molecule has 4 fully saturated rings. The molecule has 5 rings (SSSR count). The molecule has 4 nitrogen and oxygen atoms in total. The number of hydrogen-bond donors (Lipinski definition) is 3. The topological polar surface area (TPSA) is 77.8 Å². The van der Waals surface area contributed by atoms with Crippen LogP contribution in [0.1, 0.15) is 92.4 Å². The highest BCUT2D eigenvalue weighted by Crippen LogP contribution is 2.69. The fraction of sp³-hybridized carbons (Fsp3) is 0.893. The Balaban J connectivity index is 1.55. The predicted molar refractivity (Wildman–Crippen MR) is 125 cm³/mol.